The Morgan fingerprint density at radius 3 is 2.27 bits per heavy atom. The third-order valence-corrected chi connectivity index (χ3v) is 4.87. The van der Waals surface area contributed by atoms with E-state index in [2.05, 4.69) is 4.99 Å². The zero-order valence-corrected chi connectivity index (χ0v) is 16.9. The fourth-order valence-electron chi connectivity index (χ4n) is 2.74. The summed E-state index contributed by atoms with van der Waals surface area (Å²) in [4.78, 5) is 28.6. The molecule has 0 atom stereocenters. The molecule has 0 aromatic heterocycles. The zero-order chi connectivity index (χ0) is 21.1. The van der Waals surface area contributed by atoms with Gasteiger partial charge in [-0.2, -0.15) is 0 Å². The van der Waals surface area contributed by atoms with Crippen LogP contribution in [-0.4, -0.2) is 17.8 Å². The number of esters is 2. The molecule has 0 spiro atoms. The van der Waals surface area contributed by atoms with Gasteiger partial charge in [0.15, 0.2) is 5.70 Å². The maximum absolute atomic E-state index is 12.2. The smallest absolute Gasteiger partial charge is 0.363 e. The number of hydrogen-bond donors (Lipinski definition) is 0. The Kier molecular flexibility index (Phi) is 5.65. The highest BCUT2D eigenvalue weighted by atomic mass is 35.5. The van der Waals surface area contributed by atoms with Gasteiger partial charge < -0.3 is 9.47 Å². The van der Waals surface area contributed by atoms with Gasteiger partial charge in [-0.15, -0.1) is 0 Å². The fraction of sp³-hybridized carbons (Fsp3) is 0. The number of rotatable bonds is 4. The summed E-state index contributed by atoms with van der Waals surface area (Å²) in [5, 5.41) is 0.755. The van der Waals surface area contributed by atoms with Gasteiger partial charge >= 0.3 is 11.9 Å². The molecule has 7 heteroatoms. The van der Waals surface area contributed by atoms with Gasteiger partial charge in [-0.1, -0.05) is 59.6 Å². The molecule has 0 radical (unpaired) electrons. The first-order chi connectivity index (χ1) is 14.5. The molecular formula is C23H13Cl2NO4. The number of hydrogen-bond acceptors (Lipinski definition) is 5. The van der Waals surface area contributed by atoms with Crippen molar-refractivity contribution in [2.24, 2.45) is 4.99 Å². The quantitative estimate of drug-likeness (QED) is 0.304. The molecule has 0 saturated heterocycles. The molecule has 0 aliphatic carbocycles. The number of ether oxygens (including phenoxy) is 2. The highest BCUT2D eigenvalue weighted by Gasteiger charge is 2.25. The molecule has 148 valence electrons. The van der Waals surface area contributed by atoms with Crippen LogP contribution < -0.4 is 4.74 Å². The molecule has 0 N–H and O–H groups in total. The minimum Gasteiger partial charge on any atom is -0.423 e. The SMILES string of the molecule is O=C1OC(c2ccccc2Cl)=N/C1=C/c1ccc(OC(=O)c2ccccc2Cl)cc1. The Bertz CT molecular complexity index is 1200. The summed E-state index contributed by atoms with van der Waals surface area (Å²) in [6.45, 7) is 0. The van der Waals surface area contributed by atoms with Crippen molar-refractivity contribution < 1.29 is 19.1 Å². The predicted octanol–water partition coefficient (Wildman–Crippen LogP) is 5.56. The van der Waals surface area contributed by atoms with E-state index in [1.165, 1.54) is 0 Å². The van der Waals surface area contributed by atoms with Crippen LogP contribution in [0.1, 0.15) is 21.5 Å². The molecule has 0 bridgehead atoms. The standard InChI is InChI=1S/C23H13Cl2NO4/c24-18-7-3-1-5-16(18)21-26-20(23(28)30-21)13-14-9-11-15(12-10-14)29-22(27)17-6-2-4-8-19(17)25/h1-13H/b20-13+. The minimum absolute atomic E-state index is 0.144. The third-order valence-electron chi connectivity index (χ3n) is 4.21. The Balaban J connectivity index is 1.51. The number of halogens is 2. The molecule has 1 aliphatic rings. The van der Waals surface area contributed by atoms with Crippen molar-refractivity contribution >= 4 is 47.1 Å². The highest BCUT2D eigenvalue weighted by Crippen LogP contribution is 2.24. The lowest BCUT2D eigenvalue weighted by atomic mass is 10.2. The third kappa shape index (κ3) is 4.27. The van der Waals surface area contributed by atoms with Crippen molar-refractivity contribution in [1.82, 2.24) is 0 Å². The van der Waals surface area contributed by atoms with Crippen LogP contribution in [0.3, 0.4) is 0 Å². The van der Waals surface area contributed by atoms with Gasteiger partial charge in [0.2, 0.25) is 5.90 Å². The lowest BCUT2D eigenvalue weighted by Crippen LogP contribution is -2.08. The Labute approximate surface area is 182 Å². The van der Waals surface area contributed by atoms with E-state index in [0.29, 0.717) is 26.9 Å². The Morgan fingerprint density at radius 1 is 0.900 bits per heavy atom. The largest absolute Gasteiger partial charge is 0.423 e. The van der Waals surface area contributed by atoms with Crippen molar-refractivity contribution in [2.45, 2.75) is 0 Å². The minimum atomic E-state index is -0.570. The lowest BCUT2D eigenvalue weighted by molar-refractivity contribution is -0.129. The Morgan fingerprint density at radius 2 is 1.57 bits per heavy atom. The number of aliphatic imine (C=N–C) groups is 1. The molecule has 0 saturated carbocycles. The molecule has 3 aromatic rings. The fourth-order valence-corrected chi connectivity index (χ4v) is 3.17. The molecule has 4 rings (SSSR count). The van der Waals surface area contributed by atoms with E-state index < -0.39 is 11.9 Å². The molecule has 5 nitrogen and oxygen atoms in total. The summed E-state index contributed by atoms with van der Waals surface area (Å²) in [6.07, 6.45) is 1.58. The summed E-state index contributed by atoms with van der Waals surface area (Å²) in [5.74, 6) is -0.627. The lowest BCUT2D eigenvalue weighted by Gasteiger charge is -2.06. The topological polar surface area (TPSA) is 65.0 Å². The van der Waals surface area contributed by atoms with E-state index in [0.717, 1.165) is 0 Å². The van der Waals surface area contributed by atoms with Crippen LogP contribution in [0, 0.1) is 0 Å². The van der Waals surface area contributed by atoms with E-state index in [4.69, 9.17) is 32.7 Å². The highest BCUT2D eigenvalue weighted by molar-refractivity contribution is 6.34. The van der Waals surface area contributed by atoms with Crippen molar-refractivity contribution in [3.05, 3.63) is 105 Å². The van der Waals surface area contributed by atoms with Crippen molar-refractivity contribution in [3.63, 3.8) is 0 Å². The number of carbonyl (C=O) groups excluding carboxylic acids is 2. The van der Waals surface area contributed by atoms with Gasteiger partial charge in [-0.3, -0.25) is 0 Å². The predicted molar refractivity (Wildman–Crippen MR) is 115 cm³/mol. The summed E-state index contributed by atoms with van der Waals surface area (Å²) in [6, 6.07) is 20.2. The van der Waals surface area contributed by atoms with Gasteiger partial charge in [0.1, 0.15) is 5.75 Å². The van der Waals surface area contributed by atoms with E-state index in [1.807, 2.05) is 0 Å². The van der Waals surface area contributed by atoms with Crippen molar-refractivity contribution in [3.8, 4) is 5.75 Å². The van der Waals surface area contributed by atoms with Gasteiger partial charge in [0.05, 0.1) is 21.2 Å². The average molecular weight is 438 g/mol. The number of benzene rings is 3. The monoisotopic (exact) mass is 437 g/mol. The van der Waals surface area contributed by atoms with Gasteiger partial charge in [-0.05, 0) is 48.0 Å². The molecule has 1 heterocycles. The molecule has 3 aromatic carbocycles. The molecule has 0 fully saturated rings. The molecule has 0 amide bonds. The second-order valence-corrected chi connectivity index (χ2v) is 7.07. The van der Waals surface area contributed by atoms with E-state index in [9.17, 15) is 9.59 Å². The van der Waals surface area contributed by atoms with E-state index in [1.54, 1.807) is 78.9 Å². The average Bonchev–Trinajstić information content (AvgIpc) is 3.10. The van der Waals surface area contributed by atoms with Crippen molar-refractivity contribution in [1.29, 1.82) is 0 Å². The molecule has 30 heavy (non-hydrogen) atoms. The Hall–Kier alpha value is -3.41. The van der Waals surface area contributed by atoms with Crippen LogP contribution >= 0.6 is 23.2 Å². The molecular weight excluding hydrogens is 425 g/mol. The summed E-state index contributed by atoms with van der Waals surface area (Å²) >= 11 is 12.1. The van der Waals surface area contributed by atoms with Crippen LogP contribution in [-0.2, 0) is 9.53 Å². The second-order valence-electron chi connectivity index (χ2n) is 6.25. The first-order valence-electron chi connectivity index (χ1n) is 8.85. The van der Waals surface area contributed by atoms with Crippen LogP contribution in [0.5, 0.6) is 5.75 Å². The summed E-state index contributed by atoms with van der Waals surface area (Å²) in [7, 11) is 0. The summed E-state index contributed by atoms with van der Waals surface area (Å²) < 4.78 is 10.6. The number of nitrogens with zero attached hydrogens (tertiary/aromatic N) is 1. The van der Waals surface area contributed by atoms with Gasteiger partial charge in [0.25, 0.3) is 0 Å². The van der Waals surface area contributed by atoms with E-state index >= 15 is 0 Å². The maximum atomic E-state index is 12.2. The van der Waals surface area contributed by atoms with Crippen LogP contribution in [0.25, 0.3) is 6.08 Å². The number of carbonyl (C=O) groups is 2. The molecule has 0 unspecified atom stereocenters. The van der Waals surface area contributed by atoms with Gasteiger partial charge in [-0.25, -0.2) is 14.6 Å². The van der Waals surface area contributed by atoms with Gasteiger partial charge in [0, 0.05) is 0 Å². The van der Waals surface area contributed by atoms with Crippen LogP contribution in [0.4, 0.5) is 0 Å². The second kappa shape index (κ2) is 8.53. The zero-order valence-electron chi connectivity index (χ0n) is 15.3. The first-order valence-corrected chi connectivity index (χ1v) is 9.61. The molecule has 1 aliphatic heterocycles. The first kappa shape index (κ1) is 19.9. The maximum Gasteiger partial charge on any atom is 0.363 e. The normalized spacial score (nSPS) is 14.4. The van der Waals surface area contributed by atoms with E-state index in [-0.39, 0.29) is 17.2 Å². The van der Waals surface area contributed by atoms with Crippen LogP contribution in [0.15, 0.2) is 83.5 Å². The van der Waals surface area contributed by atoms with Crippen molar-refractivity contribution in [2.75, 3.05) is 0 Å². The number of cyclic esters (lactones) is 1. The van der Waals surface area contributed by atoms with Crippen LogP contribution in [0.2, 0.25) is 10.0 Å². The summed E-state index contributed by atoms with van der Waals surface area (Å²) in [5.41, 5.74) is 1.65.